The molecule has 25 heavy (non-hydrogen) atoms. The number of benzene rings is 1. The number of nitro benzene ring substituents is 1. The van der Waals surface area contributed by atoms with Crippen LogP contribution in [0.5, 0.6) is 0 Å². The van der Waals surface area contributed by atoms with E-state index in [9.17, 15) is 10.1 Å². The Labute approximate surface area is 156 Å². The van der Waals surface area contributed by atoms with E-state index < -0.39 is 4.92 Å². The molecular formula is C19H31N3O2S. The third kappa shape index (κ3) is 10.7. The fraction of sp³-hybridized carbons (Fsp3) is 0.632. The summed E-state index contributed by atoms with van der Waals surface area (Å²) >= 11 is 5.22. The largest absolute Gasteiger partial charge is 0.362 e. The zero-order valence-electron chi connectivity index (χ0n) is 15.3. The molecule has 0 atom stereocenters. The zero-order chi connectivity index (χ0) is 18.3. The first-order valence-corrected chi connectivity index (χ1v) is 9.83. The van der Waals surface area contributed by atoms with Crippen LogP contribution in [-0.4, -0.2) is 16.6 Å². The van der Waals surface area contributed by atoms with Crippen LogP contribution >= 0.6 is 12.2 Å². The number of anilines is 1. The van der Waals surface area contributed by atoms with E-state index in [-0.39, 0.29) is 5.69 Å². The molecule has 1 aromatic carbocycles. The second-order valence-corrected chi connectivity index (χ2v) is 6.78. The van der Waals surface area contributed by atoms with Gasteiger partial charge in [-0.15, -0.1) is 0 Å². The van der Waals surface area contributed by atoms with Crippen LogP contribution in [0.15, 0.2) is 24.3 Å². The Kier molecular flexibility index (Phi) is 11.6. The molecular weight excluding hydrogens is 334 g/mol. The molecule has 5 nitrogen and oxygen atoms in total. The average Bonchev–Trinajstić information content (AvgIpc) is 2.60. The molecule has 2 N–H and O–H groups in total. The van der Waals surface area contributed by atoms with Crippen LogP contribution in [0.4, 0.5) is 11.4 Å². The van der Waals surface area contributed by atoms with Gasteiger partial charge in [0, 0.05) is 24.4 Å². The Morgan fingerprint density at radius 1 is 1.04 bits per heavy atom. The summed E-state index contributed by atoms with van der Waals surface area (Å²) in [4.78, 5) is 10.3. The summed E-state index contributed by atoms with van der Waals surface area (Å²) < 4.78 is 0. The predicted octanol–water partition coefficient (Wildman–Crippen LogP) is 5.80. The Morgan fingerprint density at radius 3 is 2.24 bits per heavy atom. The molecule has 6 heteroatoms. The normalized spacial score (nSPS) is 10.4. The number of nitro groups is 1. The molecule has 0 aliphatic carbocycles. The number of hydrogen-bond acceptors (Lipinski definition) is 3. The van der Waals surface area contributed by atoms with Gasteiger partial charge >= 0.3 is 0 Å². The smallest absolute Gasteiger partial charge is 0.271 e. The van der Waals surface area contributed by atoms with Crippen molar-refractivity contribution in [3.05, 3.63) is 34.4 Å². The van der Waals surface area contributed by atoms with Crippen molar-refractivity contribution in [1.29, 1.82) is 0 Å². The molecule has 0 fully saturated rings. The molecule has 0 amide bonds. The number of hydrogen-bond donors (Lipinski definition) is 2. The summed E-state index contributed by atoms with van der Waals surface area (Å²) in [5, 5.41) is 17.4. The highest BCUT2D eigenvalue weighted by atomic mass is 32.1. The van der Waals surface area contributed by atoms with Gasteiger partial charge in [0.05, 0.1) is 4.92 Å². The molecule has 1 aromatic rings. The first kappa shape index (κ1) is 21.4. The topological polar surface area (TPSA) is 67.2 Å². The van der Waals surface area contributed by atoms with Gasteiger partial charge in [-0.2, -0.15) is 0 Å². The highest BCUT2D eigenvalue weighted by Crippen LogP contribution is 2.16. The average molecular weight is 366 g/mol. The van der Waals surface area contributed by atoms with E-state index in [2.05, 4.69) is 17.6 Å². The maximum absolute atomic E-state index is 10.8. The van der Waals surface area contributed by atoms with Gasteiger partial charge in [0.15, 0.2) is 5.11 Å². The number of nitrogens with zero attached hydrogens (tertiary/aromatic N) is 1. The first-order chi connectivity index (χ1) is 12.1. The molecule has 0 aliphatic rings. The summed E-state index contributed by atoms with van der Waals surface area (Å²) in [7, 11) is 0. The van der Waals surface area contributed by atoms with E-state index in [1.807, 2.05) is 0 Å². The van der Waals surface area contributed by atoms with Crippen LogP contribution in [0.2, 0.25) is 0 Å². The molecule has 1 rings (SSSR count). The molecule has 0 aromatic heterocycles. The van der Waals surface area contributed by atoms with E-state index in [1.165, 1.54) is 69.9 Å². The first-order valence-electron chi connectivity index (χ1n) is 9.42. The summed E-state index contributed by atoms with van der Waals surface area (Å²) in [6, 6.07) is 6.35. The third-order valence-electron chi connectivity index (χ3n) is 4.13. The lowest BCUT2D eigenvalue weighted by Crippen LogP contribution is -2.29. The summed E-state index contributed by atoms with van der Waals surface area (Å²) in [6.07, 6.45) is 13.1. The van der Waals surface area contributed by atoms with E-state index in [1.54, 1.807) is 12.1 Å². The zero-order valence-corrected chi connectivity index (χ0v) is 16.1. The summed E-state index contributed by atoms with van der Waals surface area (Å²) in [5.74, 6) is 0. The van der Waals surface area contributed by atoms with Gasteiger partial charge < -0.3 is 10.6 Å². The minimum Gasteiger partial charge on any atom is -0.362 e. The second kappa shape index (κ2) is 13.6. The lowest BCUT2D eigenvalue weighted by atomic mass is 10.1. The minimum absolute atomic E-state index is 0.0579. The Balaban J connectivity index is 2.02. The molecule has 0 aliphatic heterocycles. The lowest BCUT2D eigenvalue weighted by molar-refractivity contribution is -0.384. The van der Waals surface area contributed by atoms with E-state index in [0.29, 0.717) is 10.8 Å². The second-order valence-electron chi connectivity index (χ2n) is 6.37. The van der Waals surface area contributed by atoms with Gasteiger partial charge in [-0.05, 0) is 24.7 Å². The van der Waals surface area contributed by atoms with Crippen molar-refractivity contribution in [2.75, 3.05) is 11.9 Å². The number of nitrogens with one attached hydrogen (secondary N) is 2. The van der Waals surface area contributed by atoms with Crippen molar-refractivity contribution in [3.63, 3.8) is 0 Å². The maximum Gasteiger partial charge on any atom is 0.271 e. The van der Waals surface area contributed by atoms with E-state index in [4.69, 9.17) is 12.2 Å². The molecule has 0 unspecified atom stereocenters. The summed E-state index contributed by atoms with van der Waals surface area (Å²) in [5.41, 5.74) is 0.692. The Morgan fingerprint density at radius 2 is 1.64 bits per heavy atom. The molecule has 140 valence electrons. The van der Waals surface area contributed by atoms with Gasteiger partial charge in [0.25, 0.3) is 5.69 Å². The Bertz CT molecular complexity index is 523. The summed E-state index contributed by atoms with van der Waals surface area (Å²) in [6.45, 7) is 3.08. The molecule has 0 spiro atoms. The van der Waals surface area contributed by atoms with Gasteiger partial charge in [-0.1, -0.05) is 70.8 Å². The van der Waals surface area contributed by atoms with Crippen LogP contribution in [0.1, 0.15) is 71.1 Å². The van der Waals surface area contributed by atoms with Crippen LogP contribution in [0.25, 0.3) is 0 Å². The van der Waals surface area contributed by atoms with Crippen molar-refractivity contribution in [3.8, 4) is 0 Å². The maximum atomic E-state index is 10.8. The van der Waals surface area contributed by atoms with Crippen LogP contribution in [0.3, 0.4) is 0 Å². The van der Waals surface area contributed by atoms with E-state index >= 15 is 0 Å². The SMILES string of the molecule is CCCCCCCCCCCCNC(=S)Nc1cccc([N+](=O)[O-])c1. The van der Waals surface area contributed by atoms with E-state index in [0.717, 1.165) is 13.0 Å². The van der Waals surface area contributed by atoms with Crippen molar-refractivity contribution in [1.82, 2.24) is 5.32 Å². The number of unbranched alkanes of at least 4 members (excludes halogenated alkanes) is 9. The minimum atomic E-state index is -0.411. The molecule has 0 saturated heterocycles. The van der Waals surface area contributed by atoms with Crippen molar-refractivity contribution >= 4 is 28.7 Å². The number of rotatable bonds is 13. The van der Waals surface area contributed by atoms with Crippen molar-refractivity contribution in [2.24, 2.45) is 0 Å². The highest BCUT2D eigenvalue weighted by molar-refractivity contribution is 7.80. The fourth-order valence-corrected chi connectivity index (χ4v) is 2.91. The van der Waals surface area contributed by atoms with Crippen LogP contribution < -0.4 is 10.6 Å². The monoisotopic (exact) mass is 365 g/mol. The molecule has 0 radical (unpaired) electrons. The quantitative estimate of drug-likeness (QED) is 0.200. The van der Waals surface area contributed by atoms with Gasteiger partial charge in [-0.3, -0.25) is 10.1 Å². The predicted molar refractivity (Wildman–Crippen MR) is 109 cm³/mol. The number of thiocarbonyl (C=S) groups is 1. The van der Waals surface area contributed by atoms with Crippen LogP contribution in [0, 0.1) is 10.1 Å². The highest BCUT2D eigenvalue weighted by Gasteiger charge is 2.06. The van der Waals surface area contributed by atoms with Crippen LogP contribution in [-0.2, 0) is 0 Å². The molecule has 0 heterocycles. The Hall–Kier alpha value is -1.69. The fourth-order valence-electron chi connectivity index (χ4n) is 2.69. The standard InChI is InChI=1S/C19H31N3O2S/c1-2-3-4-5-6-7-8-9-10-11-15-20-19(25)21-17-13-12-14-18(16-17)22(23)24/h12-14,16H,2-11,15H2,1H3,(H2,20,21,25). The molecule has 0 saturated carbocycles. The van der Waals surface area contributed by atoms with Gasteiger partial charge in [-0.25, -0.2) is 0 Å². The lowest BCUT2D eigenvalue weighted by Gasteiger charge is -2.10. The van der Waals surface area contributed by atoms with Gasteiger partial charge in [0.1, 0.15) is 0 Å². The van der Waals surface area contributed by atoms with Gasteiger partial charge in [0.2, 0.25) is 0 Å². The van der Waals surface area contributed by atoms with Crippen molar-refractivity contribution < 1.29 is 4.92 Å². The third-order valence-corrected chi connectivity index (χ3v) is 4.38. The molecule has 0 bridgehead atoms. The van der Waals surface area contributed by atoms with Crippen molar-refractivity contribution in [2.45, 2.75) is 71.1 Å². The number of non-ortho nitro benzene ring substituents is 1.